The fourth-order valence-electron chi connectivity index (χ4n) is 5.64. The SMILES string of the molecule is CCCCC1=Cc2cccc3c2[C@@H](O1)[C@H]1CCN(C(=O)OC(C)(C)C)[C@@]1(c1ccccc1OC)O3. The molecule has 1 amide bonds. The molecule has 3 aliphatic rings. The molecular formula is C29H35NO5. The van der Waals surface area contributed by atoms with Crippen LogP contribution in [0.15, 0.2) is 48.2 Å². The van der Waals surface area contributed by atoms with E-state index in [1.54, 1.807) is 12.0 Å². The van der Waals surface area contributed by atoms with Gasteiger partial charge in [-0.1, -0.05) is 37.6 Å². The third-order valence-electron chi connectivity index (χ3n) is 7.06. The summed E-state index contributed by atoms with van der Waals surface area (Å²) in [4.78, 5) is 15.4. The fourth-order valence-corrected chi connectivity index (χ4v) is 5.64. The highest BCUT2D eigenvalue weighted by Crippen LogP contribution is 2.60. The van der Waals surface area contributed by atoms with Crippen molar-refractivity contribution in [2.75, 3.05) is 13.7 Å². The second-order valence-electron chi connectivity index (χ2n) is 10.5. The van der Waals surface area contributed by atoms with Crippen LogP contribution in [0.2, 0.25) is 0 Å². The van der Waals surface area contributed by atoms with Gasteiger partial charge in [0.05, 0.1) is 24.4 Å². The number of likely N-dealkylation sites (tertiary alicyclic amines) is 1. The van der Waals surface area contributed by atoms with Gasteiger partial charge in [0, 0.05) is 18.5 Å². The Hall–Kier alpha value is -3.15. The zero-order valence-corrected chi connectivity index (χ0v) is 21.3. The number of fused-ring (bicyclic) bond motifs is 2. The number of para-hydroxylation sites is 1. The molecule has 2 aromatic rings. The van der Waals surface area contributed by atoms with Gasteiger partial charge < -0.3 is 18.9 Å². The van der Waals surface area contributed by atoms with Crippen molar-refractivity contribution >= 4 is 12.2 Å². The van der Waals surface area contributed by atoms with Crippen LogP contribution in [0.5, 0.6) is 11.5 Å². The van der Waals surface area contributed by atoms with Crippen molar-refractivity contribution < 1.29 is 23.7 Å². The maximum atomic E-state index is 13.6. The highest BCUT2D eigenvalue weighted by molar-refractivity contribution is 5.72. The molecule has 5 rings (SSSR count). The van der Waals surface area contributed by atoms with Gasteiger partial charge in [0.2, 0.25) is 5.72 Å². The van der Waals surface area contributed by atoms with Crippen molar-refractivity contribution in [1.29, 1.82) is 0 Å². The highest BCUT2D eigenvalue weighted by Gasteiger charge is 2.63. The van der Waals surface area contributed by atoms with Gasteiger partial charge in [0.1, 0.15) is 23.2 Å². The first-order valence-corrected chi connectivity index (χ1v) is 12.6. The number of hydrogen-bond donors (Lipinski definition) is 0. The average Bonchev–Trinajstić information content (AvgIpc) is 3.22. The zero-order valence-electron chi connectivity index (χ0n) is 21.3. The molecule has 3 aliphatic heterocycles. The Kier molecular flexibility index (Phi) is 5.94. The fraction of sp³-hybridized carbons (Fsp3) is 0.483. The van der Waals surface area contributed by atoms with Gasteiger partial charge in [-0.05, 0) is 63.5 Å². The number of hydrogen-bond acceptors (Lipinski definition) is 5. The molecule has 0 saturated carbocycles. The van der Waals surface area contributed by atoms with E-state index in [1.807, 2.05) is 57.2 Å². The van der Waals surface area contributed by atoms with Crippen molar-refractivity contribution in [1.82, 2.24) is 4.90 Å². The number of methoxy groups -OCH3 is 1. The first-order valence-electron chi connectivity index (χ1n) is 12.6. The molecule has 0 aromatic heterocycles. The van der Waals surface area contributed by atoms with Crippen LogP contribution < -0.4 is 9.47 Å². The smallest absolute Gasteiger partial charge is 0.413 e. The molecule has 0 bridgehead atoms. The lowest BCUT2D eigenvalue weighted by molar-refractivity contribution is -0.143. The first-order chi connectivity index (χ1) is 16.8. The number of carbonyl (C=O) groups is 1. The second-order valence-corrected chi connectivity index (χ2v) is 10.5. The Morgan fingerprint density at radius 3 is 2.71 bits per heavy atom. The standard InChI is InChI=1S/C29H35NO5/c1-6-7-12-20-18-19-11-10-15-24-25(19)26(33-20)22-16-17-30(27(31)35-28(2,3)4)29(22,34-24)21-13-8-9-14-23(21)32-5/h8-11,13-15,18,22,26H,6-7,12,16-17H2,1-5H3/t22-,26+,29+/m1/s1. The molecule has 6 heteroatoms. The van der Waals surface area contributed by atoms with Gasteiger partial charge in [-0.15, -0.1) is 0 Å². The Labute approximate surface area is 207 Å². The summed E-state index contributed by atoms with van der Waals surface area (Å²) < 4.78 is 25.3. The Bertz CT molecular complexity index is 1150. The molecule has 0 radical (unpaired) electrons. The zero-order chi connectivity index (χ0) is 24.8. The maximum Gasteiger partial charge on any atom is 0.413 e. The molecular weight excluding hydrogens is 442 g/mol. The first kappa shape index (κ1) is 23.6. The number of rotatable bonds is 5. The van der Waals surface area contributed by atoms with E-state index in [4.69, 9.17) is 18.9 Å². The van der Waals surface area contributed by atoms with Crippen LogP contribution in [-0.2, 0) is 15.2 Å². The van der Waals surface area contributed by atoms with Crippen LogP contribution in [0.25, 0.3) is 6.08 Å². The third kappa shape index (κ3) is 3.93. The average molecular weight is 478 g/mol. The van der Waals surface area contributed by atoms with Gasteiger partial charge in [0.25, 0.3) is 0 Å². The lowest BCUT2D eigenvalue weighted by Crippen LogP contribution is -2.56. The number of nitrogens with zero attached hydrogens (tertiary/aromatic N) is 1. The predicted molar refractivity (Wildman–Crippen MR) is 134 cm³/mol. The minimum atomic E-state index is -1.11. The Balaban J connectivity index is 1.68. The lowest BCUT2D eigenvalue weighted by atomic mass is 9.77. The van der Waals surface area contributed by atoms with E-state index in [9.17, 15) is 4.79 Å². The Morgan fingerprint density at radius 1 is 1.17 bits per heavy atom. The number of amides is 1. The topological polar surface area (TPSA) is 57.2 Å². The van der Waals surface area contributed by atoms with E-state index in [2.05, 4.69) is 19.1 Å². The summed E-state index contributed by atoms with van der Waals surface area (Å²) >= 11 is 0. The van der Waals surface area contributed by atoms with Crippen molar-refractivity contribution in [2.45, 2.75) is 70.8 Å². The second kappa shape index (κ2) is 8.81. The quantitative estimate of drug-likeness (QED) is 0.474. The molecule has 2 aromatic carbocycles. The van der Waals surface area contributed by atoms with E-state index in [1.165, 1.54) is 0 Å². The molecule has 3 atom stereocenters. The monoisotopic (exact) mass is 477 g/mol. The van der Waals surface area contributed by atoms with Crippen LogP contribution in [0.1, 0.15) is 76.2 Å². The van der Waals surface area contributed by atoms with Gasteiger partial charge >= 0.3 is 6.09 Å². The van der Waals surface area contributed by atoms with E-state index in [0.29, 0.717) is 12.3 Å². The number of benzene rings is 2. The van der Waals surface area contributed by atoms with Crippen LogP contribution in [-0.4, -0.2) is 30.2 Å². The molecule has 0 unspecified atom stereocenters. The van der Waals surface area contributed by atoms with Crippen LogP contribution in [0, 0.1) is 5.92 Å². The molecule has 186 valence electrons. The van der Waals surface area contributed by atoms with E-state index >= 15 is 0 Å². The number of unbranched alkanes of at least 4 members (excludes halogenated alkanes) is 1. The number of carbonyl (C=O) groups excluding carboxylic acids is 1. The van der Waals surface area contributed by atoms with Crippen molar-refractivity contribution in [3.63, 3.8) is 0 Å². The number of ether oxygens (including phenoxy) is 4. The summed E-state index contributed by atoms with van der Waals surface area (Å²) in [6.07, 6.45) is 5.29. The van der Waals surface area contributed by atoms with E-state index in [-0.39, 0.29) is 12.0 Å². The van der Waals surface area contributed by atoms with Crippen molar-refractivity contribution in [2.24, 2.45) is 5.92 Å². The van der Waals surface area contributed by atoms with Gasteiger partial charge in [-0.3, -0.25) is 4.90 Å². The minimum Gasteiger partial charge on any atom is -0.496 e. The summed E-state index contributed by atoms with van der Waals surface area (Å²) in [5.74, 6) is 2.26. The summed E-state index contributed by atoms with van der Waals surface area (Å²) in [7, 11) is 1.65. The molecule has 0 aliphatic carbocycles. The van der Waals surface area contributed by atoms with Crippen molar-refractivity contribution in [3.8, 4) is 11.5 Å². The molecule has 3 heterocycles. The Morgan fingerprint density at radius 2 is 1.97 bits per heavy atom. The molecule has 0 spiro atoms. The highest BCUT2D eigenvalue weighted by atomic mass is 16.6. The van der Waals surface area contributed by atoms with Crippen LogP contribution in [0.3, 0.4) is 0 Å². The molecule has 0 N–H and O–H groups in total. The van der Waals surface area contributed by atoms with Gasteiger partial charge in [-0.25, -0.2) is 4.79 Å². The summed E-state index contributed by atoms with van der Waals surface area (Å²) in [6.45, 7) is 8.33. The normalized spacial score (nSPS) is 24.5. The predicted octanol–water partition coefficient (Wildman–Crippen LogP) is 6.80. The van der Waals surface area contributed by atoms with Crippen molar-refractivity contribution in [3.05, 3.63) is 64.9 Å². The third-order valence-corrected chi connectivity index (χ3v) is 7.06. The number of allylic oxidation sites excluding steroid dienone is 1. The summed E-state index contributed by atoms with van der Waals surface area (Å²) in [6, 6.07) is 13.9. The maximum absolute atomic E-state index is 13.6. The van der Waals surface area contributed by atoms with Crippen LogP contribution in [0.4, 0.5) is 4.79 Å². The molecule has 35 heavy (non-hydrogen) atoms. The largest absolute Gasteiger partial charge is 0.496 e. The molecule has 6 nitrogen and oxygen atoms in total. The van der Waals surface area contributed by atoms with E-state index < -0.39 is 17.4 Å². The van der Waals surface area contributed by atoms with Gasteiger partial charge in [-0.2, -0.15) is 0 Å². The molecule has 1 saturated heterocycles. The summed E-state index contributed by atoms with van der Waals surface area (Å²) in [5, 5.41) is 0. The van der Waals surface area contributed by atoms with Gasteiger partial charge in [0.15, 0.2) is 0 Å². The van der Waals surface area contributed by atoms with Crippen LogP contribution >= 0.6 is 0 Å². The summed E-state index contributed by atoms with van der Waals surface area (Å²) in [5.41, 5.74) is 1.26. The minimum absolute atomic E-state index is 0.134. The molecule has 1 fully saturated rings. The van der Waals surface area contributed by atoms with E-state index in [0.717, 1.165) is 53.9 Å². The lowest BCUT2D eigenvalue weighted by Gasteiger charge is -2.49.